The predicted octanol–water partition coefficient (Wildman–Crippen LogP) is 3.59. The van der Waals surface area contributed by atoms with E-state index in [1.54, 1.807) is 17.0 Å². The van der Waals surface area contributed by atoms with Crippen molar-refractivity contribution < 1.29 is 18.4 Å². The second kappa shape index (κ2) is 11.2. The van der Waals surface area contributed by atoms with Crippen LogP contribution in [0.4, 0.5) is 4.39 Å². The van der Waals surface area contributed by atoms with E-state index >= 15 is 0 Å². The van der Waals surface area contributed by atoms with Crippen LogP contribution in [0.15, 0.2) is 53.1 Å². The Labute approximate surface area is 193 Å². The highest BCUT2D eigenvalue weighted by Gasteiger charge is 2.19. The van der Waals surface area contributed by atoms with Crippen LogP contribution in [0.3, 0.4) is 0 Å². The van der Waals surface area contributed by atoms with Gasteiger partial charge in [0.2, 0.25) is 11.7 Å². The lowest BCUT2D eigenvalue weighted by atomic mass is 10.1. The summed E-state index contributed by atoms with van der Waals surface area (Å²) >= 11 is 0. The van der Waals surface area contributed by atoms with E-state index in [1.807, 2.05) is 31.2 Å². The third kappa shape index (κ3) is 6.46. The normalized spacial score (nSPS) is 14.4. The molecular formula is C25H29FN4O3. The summed E-state index contributed by atoms with van der Waals surface area (Å²) in [6, 6.07) is 13.7. The molecular weight excluding hydrogens is 423 g/mol. The molecule has 0 unspecified atom stereocenters. The maximum atomic E-state index is 13.7. The molecule has 3 aromatic rings. The third-order valence-electron chi connectivity index (χ3n) is 5.74. The Hall–Kier alpha value is -3.10. The molecule has 1 aliphatic rings. The van der Waals surface area contributed by atoms with Crippen molar-refractivity contribution in [2.45, 2.75) is 19.8 Å². The SMILES string of the molecule is Cc1ccc(-c2noc(CCN(CCCN3CCOCC3)C(=O)c3cccc(F)c3)n2)cc1. The fraction of sp³-hybridized carbons (Fsp3) is 0.400. The Morgan fingerprint density at radius 1 is 1.12 bits per heavy atom. The van der Waals surface area contributed by atoms with Gasteiger partial charge in [-0.15, -0.1) is 0 Å². The highest BCUT2D eigenvalue weighted by Crippen LogP contribution is 2.17. The van der Waals surface area contributed by atoms with Gasteiger partial charge in [0, 0.05) is 50.3 Å². The van der Waals surface area contributed by atoms with Gasteiger partial charge in [0.05, 0.1) is 13.2 Å². The van der Waals surface area contributed by atoms with Gasteiger partial charge in [0.25, 0.3) is 5.91 Å². The highest BCUT2D eigenvalue weighted by atomic mass is 19.1. The van der Waals surface area contributed by atoms with Crippen molar-refractivity contribution in [1.82, 2.24) is 19.9 Å². The standard InChI is InChI=1S/C25H29FN4O3/c1-19-6-8-20(9-7-19)24-27-23(33-28-24)10-13-30(12-3-11-29-14-16-32-17-15-29)25(31)21-4-2-5-22(26)18-21/h2,4-9,18H,3,10-17H2,1H3. The largest absolute Gasteiger partial charge is 0.379 e. The van der Waals surface area contributed by atoms with E-state index in [0.717, 1.165) is 50.4 Å². The van der Waals surface area contributed by atoms with Gasteiger partial charge in [-0.1, -0.05) is 41.1 Å². The lowest BCUT2D eigenvalue weighted by Crippen LogP contribution is -2.39. The molecule has 1 aromatic heterocycles. The van der Waals surface area contributed by atoms with Crippen LogP contribution >= 0.6 is 0 Å². The topological polar surface area (TPSA) is 71.7 Å². The molecule has 1 amide bonds. The van der Waals surface area contributed by atoms with Crippen molar-refractivity contribution in [3.8, 4) is 11.4 Å². The Kier molecular flexibility index (Phi) is 7.80. The maximum Gasteiger partial charge on any atom is 0.253 e. The number of rotatable bonds is 9. The first-order chi connectivity index (χ1) is 16.1. The Bertz CT molecular complexity index is 1050. The summed E-state index contributed by atoms with van der Waals surface area (Å²) in [5.41, 5.74) is 2.38. The predicted molar refractivity (Wildman–Crippen MR) is 122 cm³/mol. The van der Waals surface area contributed by atoms with Crippen molar-refractivity contribution in [3.05, 3.63) is 71.4 Å². The van der Waals surface area contributed by atoms with Gasteiger partial charge in [-0.3, -0.25) is 9.69 Å². The van der Waals surface area contributed by atoms with Gasteiger partial charge in [-0.25, -0.2) is 4.39 Å². The molecule has 0 spiro atoms. The van der Waals surface area contributed by atoms with Gasteiger partial charge in [0.15, 0.2) is 0 Å². The lowest BCUT2D eigenvalue weighted by Gasteiger charge is -2.28. The Balaban J connectivity index is 1.40. The number of aryl methyl sites for hydroxylation is 1. The van der Waals surface area contributed by atoms with Gasteiger partial charge in [-0.05, 0) is 31.5 Å². The maximum absolute atomic E-state index is 13.7. The summed E-state index contributed by atoms with van der Waals surface area (Å²) in [4.78, 5) is 21.7. The molecule has 1 saturated heterocycles. The molecule has 0 N–H and O–H groups in total. The minimum absolute atomic E-state index is 0.199. The molecule has 2 heterocycles. The smallest absolute Gasteiger partial charge is 0.253 e. The molecule has 0 radical (unpaired) electrons. The number of morpholine rings is 1. The van der Waals surface area contributed by atoms with Gasteiger partial charge < -0.3 is 14.2 Å². The fourth-order valence-electron chi connectivity index (χ4n) is 3.84. The number of hydrogen-bond acceptors (Lipinski definition) is 6. The first-order valence-corrected chi connectivity index (χ1v) is 11.3. The van der Waals surface area contributed by atoms with Crippen LogP contribution in [0.25, 0.3) is 11.4 Å². The summed E-state index contributed by atoms with van der Waals surface area (Å²) in [5.74, 6) is 0.375. The minimum atomic E-state index is -0.422. The summed E-state index contributed by atoms with van der Waals surface area (Å²) < 4.78 is 24.5. The lowest BCUT2D eigenvalue weighted by molar-refractivity contribution is 0.0357. The van der Waals surface area contributed by atoms with Crippen molar-refractivity contribution in [2.75, 3.05) is 45.9 Å². The van der Waals surface area contributed by atoms with Crippen LogP contribution in [0.2, 0.25) is 0 Å². The number of carbonyl (C=O) groups excluding carboxylic acids is 1. The second-order valence-corrected chi connectivity index (χ2v) is 8.24. The first kappa shape index (κ1) is 23.1. The monoisotopic (exact) mass is 452 g/mol. The van der Waals surface area contributed by atoms with Crippen LogP contribution in [0.5, 0.6) is 0 Å². The number of ether oxygens (including phenoxy) is 1. The van der Waals surface area contributed by atoms with Gasteiger partial charge >= 0.3 is 0 Å². The number of hydrogen-bond donors (Lipinski definition) is 0. The summed E-state index contributed by atoms with van der Waals surface area (Å²) in [7, 11) is 0. The molecule has 2 aromatic carbocycles. The van der Waals surface area contributed by atoms with E-state index in [2.05, 4.69) is 15.0 Å². The van der Waals surface area contributed by atoms with E-state index in [4.69, 9.17) is 9.26 Å². The fourth-order valence-corrected chi connectivity index (χ4v) is 3.84. The van der Waals surface area contributed by atoms with Crippen molar-refractivity contribution in [3.63, 3.8) is 0 Å². The molecule has 8 heteroatoms. The number of nitrogens with zero attached hydrogens (tertiary/aromatic N) is 4. The van der Waals surface area contributed by atoms with Crippen LogP contribution in [0, 0.1) is 12.7 Å². The van der Waals surface area contributed by atoms with Gasteiger partial charge in [0.1, 0.15) is 5.82 Å². The molecule has 174 valence electrons. The number of benzene rings is 2. The van der Waals surface area contributed by atoms with E-state index in [0.29, 0.717) is 36.8 Å². The molecule has 0 bridgehead atoms. The number of carbonyl (C=O) groups is 1. The van der Waals surface area contributed by atoms with Crippen molar-refractivity contribution in [2.24, 2.45) is 0 Å². The molecule has 0 saturated carbocycles. The average molecular weight is 453 g/mol. The van der Waals surface area contributed by atoms with E-state index in [-0.39, 0.29) is 5.91 Å². The van der Waals surface area contributed by atoms with E-state index in [1.165, 1.54) is 12.1 Å². The van der Waals surface area contributed by atoms with Crippen LogP contribution in [-0.4, -0.2) is 71.8 Å². The van der Waals surface area contributed by atoms with Crippen LogP contribution in [0.1, 0.15) is 28.2 Å². The number of aromatic nitrogens is 2. The van der Waals surface area contributed by atoms with Crippen LogP contribution < -0.4 is 0 Å². The zero-order valence-electron chi connectivity index (χ0n) is 18.9. The molecule has 4 rings (SSSR count). The Morgan fingerprint density at radius 2 is 1.91 bits per heavy atom. The zero-order chi connectivity index (χ0) is 23.0. The minimum Gasteiger partial charge on any atom is -0.379 e. The zero-order valence-corrected chi connectivity index (χ0v) is 18.9. The van der Waals surface area contributed by atoms with Crippen LogP contribution in [-0.2, 0) is 11.2 Å². The number of halogens is 1. The molecule has 0 aliphatic carbocycles. The third-order valence-corrected chi connectivity index (χ3v) is 5.74. The molecule has 1 fully saturated rings. The van der Waals surface area contributed by atoms with Crippen molar-refractivity contribution in [1.29, 1.82) is 0 Å². The molecule has 0 atom stereocenters. The first-order valence-electron chi connectivity index (χ1n) is 11.3. The second-order valence-electron chi connectivity index (χ2n) is 8.24. The van der Waals surface area contributed by atoms with E-state index < -0.39 is 5.82 Å². The molecule has 1 aliphatic heterocycles. The number of amides is 1. The Morgan fingerprint density at radius 3 is 2.67 bits per heavy atom. The quantitative estimate of drug-likeness (QED) is 0.494. The summed E-state index contributed by atoms with van der Waals surface area (Å²) in [5, 5.41) is 4.07. The van der Waals surface area contributed by atoms with Gasteiger partial charge in [-0.2, -0.15) is 4.98 Å². The van der Waals surface area contributed by atoms with Crippen molar-refractivity contribution >= 4 is 5.91 Å². The average Bonchev–Trinajstić information content (AvgIpc) is 3.31. The summed E-state index contributed by atoms with van der Waals surface area (Å²) in [6.07, 6.45) is 1.25. The highest BCUT2D eigenvalue weighted by molar-refractivity contribution is 5.94. The summed E-state index contributed by atoms with van der Waals surface area (Å²) in [6.45, 7) is 7.17. The van der Waals surface area contributed by atoms with E-state index in [9.17, 15) is 9.18 Å². The molecule has 33 heavy (non-hydrogen) atoms. The molecule has 7 nitrogen and oxygen atoms in total.